The van der Waals surface area contributed by atoms with Crippen molar-refractivity contribution in [1.82, 2.24) is 9.78 Å². The van der Waals surface area contributed by atoms with Gasteiger partial charge in [-0.15, -0.1) is 0 Å². The smallest absolute Gasteiger partial charge is 0.310 e. The molecular formula is C13H14N2O2. The van der Waals surface area contributed by atoms with Gasteiger partial charge in [-0.3, -0.25) is 9.48 Å². The molecule has 0 saturated carbocycles. The summed E-state index contributed by atoms with van der Waals surface area (Å²) in [6.07, 6.45) is 3.63. The molecule has 1 N–H and O–H groups in total. The first-order valence-corrected chi connectivity index (χ1v) is 5.46. The van der Waals surface area contributed by atoms with Crippen LogP contribution in [0.1, 0.15) is 24.0 Å². The predicted octanol–water partition coefficient (Wildman–Crippen LogP) is 2.12. The first-order chi connectivity index (χ1) is 8.16. The van der Waals surface area contributed by atoms with Crippen molar-refractivity contribution in [2.45, 2.75) is 19.4 Å². The normalized spacial score (nSPS) is 12.3. The Hall–Kier alpha value is -2.10. The van der Waals surface area contributed by atoms with Crippen molar-refractivity contribution in [2.75, 3.05) is 0 Å². The predicted molar refractivity (Wildman–Crippen MR) is 63.8 cm³/mol. The van der Waals surface area contributed by atoms with Crippen molar-refractivity contribution in [3.8, 4) is 0 Å². The lowest BCUT2D eigenvalue weighted by Gasteiger charge is -2.08. The summed E-state index contributed by atoms with van der Waals surface area (Å²) < 4.78 is 1.83. The third kappa shape index (κ3) is 2.72. The van der Waals surface area contributed by atoms with E-state index in [1.165, 1.54) is 0 Å². The van der Waals surface area contributed by atoms with E-state index in [1.54, 1.807) is 13.1 Å². The van der Waals surface area contributed by atoms with E-state index in [4.69, 9.17) is 5.11 Å². The number of nitrogens with zero attached hydrogens (tertiary/aromatic N) is 2. The number of carboxylic acid groups (broad SMARTS) is 1. The molecule has 0 aliphatic carbocycles. The van der Waals surface area contributed by atoms with E-state index < -0.39 is 11.9 Å². The lowest BCUT2D eigenvalue weighted by molar-refractivity contribution is -0.138. The molecule has 1 unspecified atom stereocenters. The maximum absolute atomic E-state index is 10.8. The van der Waals surface area contributed by atoms with Crippen LogP contribution in [-0.2, 0) is 11.3 Å². The molecule has 2 aromatic rings. The van der Waals surface area contributed by atoms with Gasteiger partial charge >= 0.3 is 5.97 Å². The van der Waals surface area contributed by atoms with Crippen molar-refractivity contribution in [1.29, 1.82) is 0 Å². The fourth-order valence-corrected chi connectivity index (χ4v) is 1.64. The number of hydrogen-bond donors (Lipinski definition) is 1. The van der Waals surface area contributed by atoms with Crippen molar-refractivity contribution >= 4 is 5.97 Å². The molecule has 0 bridgehead atoms. The number of benzene rings is 1. The van der Waals surface area contributed by atoms with Crippen molar-refractivity contribution in [2.24, 2.45) is 0 Å². The molecule has 1 aromatic carbocycles. The SMILES string of the molecule is CC(C(=O)O)c1ccc(Cn2cccn2)cc1. The summed E-state index contributed by atoms with van der Waals surface area (Å²) in [5, 5.41) is 13.0. The molecule has 0 radical (unpaired) electrons. The second-order valence-electron chi connectivity index (χ2n) is 4.01. The third-order valence-electron chi connectivity index (χ3n) is 2.75. The zero-order valence-corrected chi connectivity index (χ0v) is 9.58. The highest BCUT2D eigenvalue weighted by Gasteiger charge is 2.12. The molecule has 1 aromatic heterocycles. The molecule has 0 spiro atoms. The van der Waals surface area contributed by atoms with E-state index in [1.807, 2.05) is 41.2 Å². The fraction of sp³-hybridized carbons (Fsp3) is 0.231. The molecule has 88 valence electrons. The summed E-state index contributed by atoms with van der Waals surface area (Å²) in [6, 6.07) is 9.48. The minimum Gasteiger partial charge on any atom is -0.481 e. The van der Waals surface area contributed by atoms with Crippen LogP contribution in [-0.4, -0.2) is 20.9 Å². The fourth-order valence-electron chi connectivity index (χ4n) is 1.64. The quantitative estimate of drug-likeness (QED) is 0.875. The van der Waals surface area contributed by atoms with Gasteiger partial charge in [-0.25, -0.2) is 0 Å². The second kappa shape index (κ2) is 4.82. The Bertz CT molecular complexity index is 489. The largest absolute Gasteiger partial charge is 0.481 e. The van der Waals surface area contributed by atoms with Gasteiger partial charge in [0.1, 0.15) is 0 Å². The average molecular weight is 230 g/mol. The summed E-state index contributed by atoms with van der Waals surface area (Å²) in [5.74, 6) is -1.27. The van der Waals surface area contributed by atoms with Crippen LogP contribution in [0.15, 0.2) is 42.7 Å². The van der Waals surface area contributed by atoms with Gasteiger partial charge in [0.25, 0.3) is 0 Å². The van der Waals surface area contributed by atoms with Crippen LogP contribution in [0.2, 0.25) is 0 Å². The molecule has 1 atom stereocenters. The van der Waals surface area contributed by atoms with Crippen LogP contribution in [0.25, 0.3) is 0 Å². The van der Waals surface area contributed by atoms with Gasteiger partial charge in [0.05, 0.1) is 12.5 Å². The first-order valence-electron chi connectivity index (χ1n) is 5.46. The Morgan fingerprint density at radius 3 is 2.65 bits per heavy atom. The monoisotopic (exact) mass is 230 g/mol. The van der Waals surface area contributed by atoms with Crippen molar-refractivity contribution in [3.05, 3.63) is 53.9 Å². The van der Waals surface area contributed by atoms with Crippen LogP contribution < -0.4 is 0 Å². The first kappa shape index (κ1) is 11.4. The highest BCUT2D eigenvalue weighted by atomic mass is 16.4. The van der Waals surface area contributed by atoms with Gasteiger partial charge in [-0.2, -0.15) is 5.10 Å². The number of aromatic nitrogens is 2. The molecule has 0 saturated heterocycles. The molecule has 0 fully saturated rings. The summed E-state index contributed by atoms with van der Waals surface area (Å²) in [4.78, 5) is 10.8. The van der Waals surface area contributed by atoms with Crippen LogP contribution in [0, 0.1) is 0 Å². The Balaban J connectivity index is 2.10. The molecule has 2 rings (SSSR count). The van der Waals surface area contributed by atoms with E-state index in [9.17, 15) is 4.79 Å². The van der Waals surface area contributed by atoms with Gasteiger partial charge < -0.3 is 5.11 Å². The number of aliphatic carboxylic acids is 1. The Morgan fingerprint density at radius 2 is 2.12 bits per heavy atom. The van der Waals surface area contributed by atoms with Crippen LogP contribution in [0.3, 0.4) is 0 Å². The Morgan fingerprint density at radius 1 is 1.41 bits per heavy atom. The second-order valence-corrected chi connectivity index (χ2v) is 4.01. The van der Waals surface area contributed by atoms with E-state index in [2.05, 4.69) is 5.10 Å². The van der Waals surface area contributed by atoms with Gasteiger partial charge in [-0.1, -0.05) is 24.3 Å². The lowest BCUT2D eigenvalue weighted by Crippen LogP contribution is -2.07. The molecule has 4 heteroatoms. The number of carbonyl (C=O) groups is 1. The lowest BCUT2D eigenvalue weighted by atomic mass is 10.0. The zero-order chi connectivity index (χ0) is 12.3. The van der Waals surface area contributed by atoms with E-state index in [0.29, 0.717) is 6.54 Å². The van der Waals surface area contributed by atoms with Crippen LogP contribution in [0.5, 0.6) is 0 Å². The van der Waals surface area contributed by atoms with E-state index in [-0.39, 0.29) is 0 Å². The summed E-state index contributed by atoms with van der Waals surface area (Å²) in [7, 11) is 0. The molecule has 0 aliphatic rings. The van der Waals surface area contributed by atoms with Gasteiger partial charge in [-0.05, 0) is 24.1 Å². The van der Waals surface area contributed by atoms with Crippen LogP contribution in [0.4, 0.5) is 0 Å². The zero-order valence-electron chi connectivity index (χ0n) is 9.58. The third-order valence-corrected chi connectivity index (χ3v) is 2.75. The average Bonchev–Trinajstić information content (AvgIpc) is 2.82. The molecule has 0 amide bonds. The molecule has 17 heavy (non-hydrogen) atoms. The highest BCUT2D eigenvalue weighted by molar-refractivity contribution is 5.75. The summed E-state index contributed by atoms with van der Waals surface area (Å²) in [6.45, 7) is 2.39. The molecule has 0 aliphatic heterocycles. The van der Waals surface area contributed by atoms with Gasteiger partial charge in [0, 0.05) is 12.4 Å². The summed E-state index contributed by atoms with van der Waals surface area (Å²) >= 11 is 0. The van der Waals surface area contributed by atoms with Crippen LogP contribution >= 0.6 is 0 Å². The molecule has 4 nitrogen and oxygen atoms in total. The van der Waals surface area contributed by atoms with Crippen molar-refractivity contribution < 1.29 is 9.90 Å². The molecule has 1 heterocycles. The molecular weight excluding hydrogens is 216 g/mol. The maximum Gasteiger partial charge on any atom is 0.310 e. The highest BCUT2D eigenvalue weighted by Crippen LogP contribution is 2.16. The number of carboxylic acids is 1. The van der Waals surface area contributed by atoms with E-state index >= 15 is 0 Å². The standard InChI is InChI=1S/C13H14N2O2/c1-10(13(16)17)12-5-3-11(4-6-12)9-15-8-2-7-14-15/h2-8,10H,9H2,1H3,(H,16,17). The maximum atomic E-state index is 10.8. The minimum atomic E-state index is -0.801. The number of hydrogen-bond acceptors (Lipinski definition) is 2. The van der Waals surface area contributed by atoms with Gasteiger partial charge in [0.15, 0.2) is 0 Å². The Kier molecular flexibility index (Phi) is 3.23. The minimum absolute atomic E-state index is 0.464. The summed E-state index contributed by atoms with van der Waals surface area (Å²) in [5.41, 5.74) is 1.93. The van der Waals surface area contributed by atoms with E-state index in [0.717, 1.165) is 11.1 Å². The topological polar surface area (TPSA) is 55.1 Å². The Labute approximate surface area is 99.5 Å². The number of rotatable bonds is 4. The van der Waals surface area contributed by atoms with Crippen molar-refractivity contribution in [3.63, 3.8) is 0 Å². The van der Waals surface area contributed by atoms with Gasteiger partial charge in [0.2, 0.25) is 0 Å².